The van der Waals surface area contributed by atoms with Crippen LogP contribution in [0.3, 0.4) is 0 Å². The van der Waals surface area contributed by atoms with Crippen molar-refractivity contribution in [1.82, 2.24) is 10.6 Å². The van der Waals surface area contributed by atoms with Crippen LogP contribution in [0, 0.1) is 17.7 Å². The second kappa shape index (κ2) is 7.62. The molecule has 1 aromatic carbocycles. The molecule has 6 heteroatoms. The van der Waals surface area contributed by atoms with Gasteiger partial charge in [-0.2, -0.15) is 0 Å². The third kappa shape index (κ3) is 4.34. The van der Waals surface area contributed by atoms with Gasteiger partial charge in [-0.1, -0.05) is 38.4 Å². The van der Waals surface area contributed by atoms with Gasteiger partial charge in [0.25, 0.3) is 0 Å². The predicted octanol–water partition coefficient (Wildman–Crippen LogP) is 3.15. The Labute approximate surface area is 142 Å². The molecule has 0 bridgehead atoms. The summed E-state index contributed by atoms with van der Waals surface area (Å²) in [5.41, 5.74) is 0.488. The summed E-state index contributed by atoms with van der Waals surface area (Å²) in [7, 11) is 0. The van der Waals surface area contributed by atoms with E-state index in [-0.39, 0.29) is 35.5 Å². The van der Waals surface area contributed by atoms with Gasteiger partial charge in [-0.25, -0.2) is 4.39 Å². The zero-order chi connectivity index (χ0) is 15.6. The minimum absolute atomic E-state index is 0. The van der Waals surface area contributed by atoms with Gasteiger partial charge in [0.15, 0.2) is 0 Å². The molecule has 1 saturated heterocycles. The van der Waals surface area contributed by atoms with Crippen LogP contribution in [0.25, 0.3) is 0 Å². The summed E-state index contributed by atoms with van der Waals surface area (Å²) >= 11 is 6.11. The summed E-state index contributed by atoms with van der Waals surface area (Å²) in [6.07, 6.45) is 0. The maximum atomic E-state index is 13.1. The van der Waals surface area contributed by atoms with Crippen molar-refractivity contribution in [2.75, 3.05) is 19.6 Å². The summed E-state index contributed by atoms with van der Waals surface area (Å²) in [6, 6.07) is 4.39. The van der Waals surface area contributed by atoms with E-state index in [1.54, 1.807) is 6.07 Å². The average Bonchev–Trinajstić information content (AvgIpc) is 2.33. The van der Waals surface area contributed by atoms with E-state index in [0.717, 1.165) is 18.7 Å². The van der Waals surface area contributed by atoms with Gasteiger partial charge in [-0.05, 0) is 36.7 Å². The number of amides is 1. The van der Waals surface area contributed by atoms with Gasteiger partial charge in [-0.3, -0.25) is 4.79 Å². The Bertz CT molecular complexity index is 533. The number of rotatable bonds is 5. The molecule has 1 amide bonds. The molecular formula is C16H23Cl2FN2O. The maximum absolute atomic E-state index is 13.1. The molecule has 0 spiro atoms. The highest BCUT2D eigenvalue weighted by Crippen LogP contribution is 2.30. The molecule has 1 aromatic rings. The lowest BCUT2D eigenvalue weighted by atomic mass is 9.83. The fourth-order valence-corrected chi connectivity index (χ4v) is 2.90. The van der Waals surface area contributed by atoms with Crippen LogP contribution in [-0.4, -0.2) is 25.5 Å². The van der Waals surface area contributed by atoms with Crippen molar-refractivity contribution in [3.63, 3.8) is 0 Å². The third-order valence-electron chi connectivity index (χ3n) is 4.30. The van der Waals surface area contributed by atoms with Crippen molar-refractivity contribution >= 4 is 29.9 Å². The van der Waals surface area contributed by atoms with E-state index in [9.17, 15) is 9.18 Å². The first kappa shape index (κ1) is 19.2. The topological polar surface area (TPSA) is 41.1 Å². The van der Waals surface area contributed by atoms with Crippen LogP contribution in [-0.2, 0) is 10.2 Å². The molecule has 2 rings (SSSR count). The van der Waals surface area contributed by atoms with E-state index < -0.39 is 0 Å². The Hall–Kier alpha value is -0.840. The molecule has 22 heavy (non-hydrogen) atoms. The standard InChI is InChI=1S/C16H22ClFN2O.ClH/c1-10(11-7-19-8-11)15(21)20-9-16(2,3)13-5-4-12(18)6-14(13)17;/h4-6,10-11,19H,7-9H2,1-3H3,(H,20,21);1H. The fourth-order valence-electron chi connectivity index (χ4n) is 2.48. The monoisotopic (exact) mass is 348 g/mol. The second-order valence-corrected chi connectivity index (χ2v) is 6.84. The normalized spacial score (nSPS) is 16.4. The molecule has 3 nitrogen and oxygen atoms in total. The Kier molecular flexibility index (Phi) is 6.65. The number of hydrogen-bond acceptors (Lipinski definition) is 2. The van der Waals surface area contributed by atoms with Gasteiger partial charge in [0.2, 0.25) is 5.91 Å². The summed E-state index contributed by atoms with van der Waals surface area (Å²) in [4.78, 5) is 12.2. The van der Waals surface area contributed by atoms with Crippen molar-refractivity contribution in [3.8, 4) is 0 Å². The van der Waals surface area contributed by atoms with Crippen LogP contribution in [0.5, 0.6) is 0 Å². The van der Waals surface area contributed by atoms with Gasteiger partial charge in [-0.15, -0.1) is 12.4 Å². The third-order valence-corrected chi connectivity index (χ3v) is 4.61. The number of halogens is 3. The molecule has 1 atom stereocenters. The summed E-state index contributed by atoms with van der Waals surface area (Å²) in [6.45, 7) is 8.22. The molecule has 0 aromatic heterocycles. The van der Waals surface area contributed by atoms with E-state index in [1.165, 1.54) is 12.1 Å². The van der Waals surface area contributed by atoms with Crippen molar-refractivity contribution in [2.45, 2.75) is 26.2 Å². The Morgan fingerprint density at radius 1 is 1.50 bits per heavy atom. The highest BCUT2D eigenvalue weighted by molar-refractivity contribution is 6.31. The number of benzene rings is 1. The zero-order valence-electron chi connectivity index (χ0n) is 13.1. The van der Waals surface area contributed by atoms with E-state index in [2.05, 4.69) is 10.6 Å². The van der Waals surface area contributed by atoms with Crippen LogP contribution in [0.4, 0.5) is 4.39 Å². The Balaban J connectivity index is 0.00000242. The zero-order valence-corrected chi connectivity index (χ0v) is 14.7. The lowest BCUT2D eigenvalue weighted by molar-refractivity contribution is -0.126. The van der Waals surface area contributed by atoms with Crippen LogP contribution < -0.4 is 10.6 Å². The molecule has 0 saturated carbocycles. The van der Waals surface area contributed by atoms with E-state index >= 15 is 0 Å². The van der Waals surface area contributed by atoms with Crippen LogP contribution >= 0.6 is 24.0 Å². The largest absolute Gasteiger partial charge is 0.355 e. The van der Waals surface area contributed by atoms with Crippen molar-refractivity contribution in [1.29, 1.82) is 0 Å². The van der Waals surface area contributed by atoms with E-state index in [1.807, 2.05) is 20.8 Å². The molecule has 0 radical (unpaired) electrons. The van der Waals surface area contributed by atoms with E-state index in [0.29, 0.717) is 17.5 Å². The average molecular weight is 349 g/mol. The minimum Gasteiger partial charge on any atom is -0.355 e. The fraction of sp³-hybridized carbons (Fsp3) is 0.562. The first-order valence-corrected chi connectivity index (χ1v) is 7.63. The molecule has 1 unspecified atom stereocenters. The van der Waals surface area contributed by atoms with Gasteiger partial charge < -0.3 is 10.6 Å². The maximum Gasteiger partial charge on any atom is 0.223 e. The summed E-state index contributed by atoms with van der Waals surface area (Å²) in [5, 5.41) is 6.56. The first-order valence-electron chi connectivity index (χ1n) is 7.25. The van der Waals surface area contributed by atoms with Crippen LogP contribution in [0.1, 0.15) is 26.3 Å². The quantitative estimate of drug-likeness (QED) is 0.858. The SMILES string of the molecule is CC(C(=O)NCC(C)(C)c1ccc(F)cc1Cl)C1CNC1.Cl. The van der Waals surface area contributed by atoms with Crippen molar-refractivity contribution in [2.24, 2.45) is 11.8 Å². The first-order chi connectivity index (χ1) is 9.81. The Morgan fingerprint density at radius 2 is 2.14 bits per heavy atom. The molecule has 1 fully saturated rings. The highest BCUT2D eigenvalue weighted by Gasteiger charge is 2.30. The Morgan fingerprint density at radius 3 is 2.64 bits per heavy atom. The number of hydrogen-bond donors (Lipinski definition) is 2. The smallest absolute Gasteiger partial charge is 0.223 e. The second-order valence-electron chi connectivity index (χ2n) is 6.43. The molecule has 124 valence electrons. The summed E-state index contributed by atoms with van der Waals surface area (Å²) in [5.74, 6) is 0.135. The lowest BCUT2D eigenvalue weighted by Gasteiger charge is -2.33. The molecule has 1 aliphatic rings. The number of carbonyl (C=O) groups excluding carboxylic acids is 1. The molecule has 0 aliphatic carbocycles. The molecule has 1 heterocycles. The van der Waals surface area contributed by atoms with E-state index in [4.69, 9.17) is 11.6 Å². The van der Waals surface area contributed by atoms with Crippen molar-refractivity contribution in [3.05, 3.63) is 34.6 Å². The molecule has 1 aliphatic heterocycles. The predicted molar refractivity (Wildman–Crippen MR) is 90.2 cm³/mol. The van der Waals surface area contributed by atoms with Gasteiger partial charge >= 0.3 is 0 Å². The number of nitrogens with one attached hydrogen (secondary N) is 2. The lowest BCUT2D eigenvalue weighted by Crippen LogP contribution is -2.50. The molecule has 2 N–H and O–H groups in total. The van der Waals surface area contributed by atoms with Crippen LogP contribution in [0.2, 0.25) is 5.02 Å². The van der Waals surface area contributed by atoms with Gasteiger partial charge in [0.05, 0.1) is 0 Å². The van der Waals surface area contributed by atoms with Gasteiger partial charge in [0.1, 0.15) is 5.82 Å². The van der Waals surface area contributed by atoms with Crippen LogP contribution in [0.15, 0.2) is 18.2 Å². The molecular weight excluding hydrogens is 326 g/mol. The number of carbonyl (C=O) groups is 1. The van der Waals surface area contributed by atoms with Crippen molar-refractivity contribution < 1.29 is 9.18 Å². The summed E-state index contributed by atoms with van der Waals surface area (Å²) < 4.78 is 13.1. The minimum atomic E-state index is -0.352. The van der Waals surface area contributed by atoms with Gasteiger partial charge in [0, 0.05) is 22.9 Å². The highest BCUT2D eigenvalue weighted by atomic mass is 35.5.